The SMILES string of the molecule is Cc1cccc(Cn2nc(NC(=O)c3ccc4c(c3)CCNC4)cc2C)c1.Cl. The highest BCUT2D eigenvalue weighted by atomic mass is 35.5. The van der Waals surface area contributed by atoms with Crippen molar-refractivity contribution in [3.8, 4) is 0 Å². The number of carbonyl (C=O) groups is 1. The van der Waals surface area contributed by atoms with E-state index in [1.54, 1.807) is 0 Å². The van der Waals surface area contributed by atoms with Gasteiger partial charge in [0, 0.05) is 23.9 Å². The molecule has 0 saturated carbocycles. The minimum atomic E-state index is -0.114. The van der Waals surface area contributed by atoms with Gasteiger partial charge in [-0.05, 0) is 55.6 Å². The highest BCUT2D eigenvalue weighted by Gasteiger charge is 2.14. The van der Waals surface area contributed by atoms with Crippen LogP contribution in [0.4, 0.5) is 5.82 Å². The molecule has 0 radical (unpaired) electrons. The predicted molar refractivity (Wildman–Crippen MR) is 114 cm³/mol. The molecule has 3 aromatic rings. The Hall–Kier alpha value is -2.63. The lowest BCUT2D eigenvalue weighted by Gasteiger charge is -2.17. The van der Waals surface area contributed by atoms with Gasteiger partial charge in [-0.15, -0.1) is 12.4 Å². The van der Waals surface area contributed by atoms with E-state index in [4.69, 9.17) is 0 Å². The number of carbonyl (C=O) groups excluding carboxylic acids is 1. The Labute approximate surface area is 171 Å². The molecule has 2 heterocycles. The number of benzene rings is 2. The second-order valence-corrected chi connectivity index (χ2v) is 7.18. The van der Waals surface area contributed by atoms with Crippen LogP contribution in [0.15, 0.2) is 48.5 Å². The number of anilines is 1. The normalized spacial score (nSPS) is 12.8. The molecule has 2 aromatic carbocycles. The zero-order valence-electron chi connectivity index (χ0n) is 16.2. The molecular weight excluding hydrogens is 372 g/mol. The number of rotatable bonds is 4. The average molecular weight is 397 g/mol. The molecule has 4 rings (SSSR count). The van der Waals surface area contributed by atoms with Crippen LogP contribution in [0.1, 0.15) is 38.3 Å². The lowest BCUT2D eigenvalue weighted by molar-refractivity contribution is 0.102. The van der Waals surface area contributed by atoms with Crippen molar-refractivity contribution < 1.29 is 4.79 Å². The maximum absolute atomic E-state index is 12.6. The molecule has 28 heavy (non-hydrogen) atoms. The highest BCUT2D eigenvalue weighted by molar-refractivity contribution is 6.04. The summed E-state index contributed by atoms with van der Waals surface area (Å²) in [5.41, 5.74) is 6.65. The van der Waals surface area contributed by atoms with E-state index in [9.17, 15) is 4.79 Å². The van der Waals surface area contributed by atoms with Crippen molar-refractivity contribution in [3.05, 3.63) is 82.0 Å². The van der Waals surface area contributed by atoms with Crippen molar-refractivity contribution in [1.29, 1.82) is 0 Å². The van der Waals surface area contributed by atoms with Gasteiger partial charge in [0.1, 0.15) is 0 Å². The Morgan fingerprint density at radius 2 is 2.00 bits per heavy atom. The second-order valence-electron chi connectivity index (χ2n) is 7.18. The van der Waals surface area contributed by atoms with Gasteiger partial charge in [0.2, 0.25) is 0 Å². The summed E-state index contributed by atoms with van der Waals surface area (Å²) in [4.78, 5) is 12.6. The number of halogens is 1. The minimum Gasteiger partial charge on any atom is -0.312 e. The number of nitrogens with one attached hydrogen (secondary N) is 2. The number of amides is 1. The molecule has 0 spiro atoms. The van der Waals surface area contributed by atoms with Crippen LogP contribution in [0.2, 0.25) is 0 Å². The van der Waals surface area contributed by atoms with E-state index in [0.29, 0.717) is 17.9 Å². The zero-order chi connectivity index (χ0) is 18.8. The first-order chi connectivity index (χ1) is 13.1. The predicted octanol–water partition coefficient (Wildman–Crippen LogP) is 3.87. The van der Waals surface area contributed by atoms with Crippen LogP contribution in [0.3, 0.4) is 0 Å². The smallest absolute Gasteiger partial charge is 0.256 e. The Morgan fingerprint density at radius 3 is 2.82 bits per heavy atom. The third kappa shape index (κ3) is 4.43. The van der Waals surface area contributed by atoms with Gasteiger partial charge < -0.3 is 10.6 Å². The zero-order valence-corrected chi connectivity index (χ0v) is 17.0. The number of hydrogen-bond donors (Lipinski definition) is 2. The summed E-state index contributed by atoms with van der Waals surface area (Å²) in [6.45, 7) is 6.61. The Balaban J connectivity index is 0.00000225. The summed E-state index contributed by atoms with van der Waals surface area (Å²) in [5.74, 6) is 0.473. The first-order valence-corrected chi connectivity index (χ1v) is 9.32. The van der Waals surface area contributed by atoms with Gasteiger partial charge in [-0.3, -0.25) is 9.48 Å². The van der Waals surface area contributed by atoms with Crippen LogP contribution < -0.4 is 10.6 Å². The summed E-state index contributed by atoms with van der Waals surface area (Å²) in [5, 5.41) is 10.8. The van der Waals surface area contributed by atoms with Crippen molar-refractivity contribution in [1.82, 2.24) is 15.1 Å². The summed E-state index contributed by atoms with van der Waals surface area (Å²) >= 11 is 0. The molecule has 6 heteroatoms. The highest BCUT2D eigenvalue weighted by Crippen LogP contribution is 2.18. The molecule has 1 amide bonds. The van der Waals surface area contributed by atoms with Gasteiger partial charge in [0.15, 0.2) is 5.82 Å². The molecule has 0 bridgehead atoms. The fourth-order valence-corrected chi connectivity index (χ4v) is 3.52. The van der Waals surface area contributed by atoms with Crippen LogP contribution in [0.5, 0.6) is 0 Å². The second kappa shape index (κ2) is 8.59. The van der Waals surface area contributed by atoms with Gasteiger partial charge in [-0.1, -0.05) is 35.9 Å². The lowest BCUT2D eigenvalue weighted by Crippen LogP contribution is -2.24. The molecule has 1 aromatic heterocycles. The molecule has 0 atom stereocenters. The van der Waals surface area contributed by atoms with Crippen LogP contribution in [-0.4, -0.2) is 22.2 Å². The Morgan fingerprint density at radius 1 is 1.14 bits per heavy atom. The fourth-order valence-electron chi connectivity index (χ4n) is 3.52. The lowest BCUT2D eigenvalue weighted by atomic mass is 9.98. The van der Waals surface area contributed by atoms with Crippen LogP contribution in [0.25, 0.3) is 0 Å². The van der Waals surface area contributed by atoms with Crippen molar-refractivity contribution in [2.45, 2.75) is 33.4 Å². The van der Waals surface area contributed by atoms with Gasteiger partial charge in [-0.25, -0.2) is 0 Å². The first kappa shape index (κ1) is 20.1. The van der Waals surface area contributed by atoms with Gasteiger partial charge >= 0.3 is 0 Å². The van der Waals surface area contributed by atoms with Crippen molar-refractivity contribution >= 4 is 24.1 Å². The number of nitrogens with zero attached hydrogens (tertiary/aromatic N) is 2. The fraction of sp³-hybridized carbons (Fsp3) is 0.273. The van der Waals surface area contributed by atoms with Gasteiger partial charge in [0.25, 0.3) is 5.91 Å². The van der Waals surface area contributed by atoms with E-state index in [-0.39, 0.29) is 18.3 Å². The third-order valence-corrected chi connectivity index (χ3v) is 4.99. The van der Waals surface area contributed by atoms with Crippen molar-refractivity contribution in [3.63, 3.8) is 0 Å². The van der Waals surface area contributed by atoms with Gasteiger partial charge in [0.05, 0.1) is 6.54 Å². The number of hydrogen-bond acceptors (Lipinski definition) is 3. The largest absolute Gasteiger partial charge is 0.312 e. The Kier molecular flexibility index (Phi) is 6.17. The van der Waals surface area contributed by atoms with E-state index in [1.165, 1.54) is 22.3 Å². The number of aryl methyl sites for hydroxylation is 2. The van der Waals surface area contributed by atoms with E-state index < -0.39 is 0 Å². The first-order valence-electron chi connectivity index (χ1n) is 9.32. The minimum absolute atomic E-state index is 0. The molecule has 1 aliphatic rings. The molecule has 2 N–H and O–H groups in total. The van der Waals surface area contributed by atoms with E-state index in [2.05, 4.69) is 46.9 Å². The molecule has 0 fully saturated rings. The quantitative estimate of drug-likeness (QED) is 0.703. The molecule has 5 nitrogen and oxygen atoms in total. The van der Waals surface area contributed by atoms with Crippen LogP contribution in [0, 0.1) is 13.8 Å². The average Bonchev–Trinajstić information content (AvgIpc) is 3.00. The van der Waals surface area contributed by atoms with Crippen LogP contribution in [-0.2, 0) is 19.5 Å². The molecule has 0 saturated heterocycles. The van der Waals surface area contributed by atoms with E-state index >= 15 is 0 Å². The van der Waals surface area contributed by atoms with Crippen LogP contribution >= 0.6 is 12.4 Å². The van der Waals surface area contributed by atoms with Crippen molar-refractivity contribution in [2.75, 3.05) is 11.9 Å². The molecule has 1 aliphatic heterocycles. The van der Waals surface area contributed by atoms with E-state index in [0.717, 1.165) is 25.2 Å². The monoisotopic (exact) mass is 396 g/mol. The summed E-state index contributed by atoms with van der Waals surface area (Å²) < 4.78 is 1.92. The maximum Gasteiger partial charge on any atom is 0.256 e. The standard InChI is InChI=1S/C22H24N4O.ClH/c1-15-4-3-5-17(10-15)14-26-16(2)11-21(25-26)24-22(27)19-6-7-20-13-23-9-8-18(20)12-19;/h3-7,10-12,23H,8-9,13-14H2,1-2H3,(H,24,25,27);1H. The number of fused-ring (bicyclic) bond motifs is 1. The van der Waals surface area contributed by atoms with Crippen molar-refractivity contribution in [2.24, 2.45) is 0 Å². The molecule has 0 unspecified atom stereocenters. The summed E-state index contributed by atoms with van der Waals surface area (Å²) in [6.07, 6.45) is 0.959. The topological polar surface area (TPSA) is 59.0 Å². The Bertz CT molecular complexity index is 996. The summed E-state index contributed by atoms with van der Waals surface area (Å²) in [7, 11) is 0. The maximum atomic E-state index is 12.6. The third-order valence-electron chi connectivity index (χ3n) is 4.99. The molecule has 146 valence electrons. The number of aromatic nitrogens is 2. The van der Waals surface area contributed by atoms with Gasteiger partial charge in [-0.2, -0.15) is 5.10 Å². The molecule has 0 aliphatic carbocycles. The van der Waals surface area contributed by atoms with E-state index in [1.807, 2.05) is 35.9 Å². The molecular formula is C22H25ClN4O. The summed E-state index contributed by atoms with van der Waals surface area (Å²) in [6, 6.07) is 16.2.